The van der Waals surface area contributed by atoms with Gasteiger partial charge in [-0.25, -0.2) is 8.42 Å². The molecular formula is C15H23N3O4S. The minimum absolute atomic E-state index is 0.248. The summed E-state index contributed by atoms with van der Waals surface area (Å²) in [7, 11) is -3.47. The molecule has 0 heterocycles. The van der Waals surface area contributed by atoms with Crippen molar-refractivity contribution in [2.75, 3.05) is 16.3 Å². The Labute approximate surface area is 136 Å². The first-order valence-corrected chi connectivity index (χ1v) is 8.98. The quantitative estimate of drug-likeness (QED) is 0.755. The third kappa shape index (κ3) is 6.27. The number of rotatable bonds is 5. The molecule has 0 unspecified atom stereocenters. The third-order valence-corrected chi connectivity index (χ3v) is 3.49. The van der Waals surface area contributed by atoms with Gasteiger partial charge in [0.15, 0.2) is 0 Å². The number of nitrogens with one attached hydrogen (secondary N) is 3. The zero-order valence-electron chi connectivity index (χ0n) is 13.9. The van der Waals surface area contributed by atoms with Crippen molar-refractivity contribution in [1.82, 2.24) is 5.32 Å². The molecule has 0 bridgehead atoms. The van der Waals surface area contributed by atoms with E-state index in [2.05, 4.69) is 15.4 Å². The maximum Gasteiger partial charge on any atom is 0.246 e. The van der Waals surface area contributed by atoms with Gasteiger partial charge >= 0.3 is 0 Å². The van der Waals surface area contributed by atoms with Gasteiger partial charge in [-0.3, -0.25) is 14.3 Å². The maximum absolute atomic E-state index is 12.2. The van der Waals surface area contributed by atoms with Crippen LogP contribution < -0.4 is 15.4 Å². The Bertz CT molecular complexity index is 693. The molecule has 0 radical (unpaired) electrons. The highest BCUT2D eigenvalue weighted by molar-refractivity contribution is 7.92. The van der Waals surface area contributed by atoms with Gasteiger partial charge in [0.05, 0.1) is 17.6 Å². The second-order valence-corrected chi connectivity index (χ2v) is 8.10. The Hall–Kier alpha value is -2.09. The van der Waals surface area contributed by atoms with Crippen LogP contribution in [-0.2, 0) is 19.6 Å². The number of sulfonamides is 1. The van der Waals surface area contributed by atoms with Gasteiger partial charge in [-0.1, -0.05) is 32.9 Å². The fourth-order valence-electron chi connectivity index (χ4n) is 1.60. The number of benzene rings is 1. The summed E-state index contributed by atoms with van der Waals surface area (Å²) in [6.45, 7) is 6.81. The summed E-state index contributed by atoms with van der Waals surface area (Å²) in [6, 6.07) is 5.67. The van der Waals surface area contributed by atoms with Crippen LogP contribution in [0, 0.1) is 5.41 Å². The predicted molar refractivity (Wildman–Crippen MR) is 90.6 cm³/mol. The van der Waals surface area contributed by atoms with Crippen LogP contribution in [0.1, 0.15) is 27.7 Å². The van der Waals surface area contributed by atoms with Crippen LogP contribution >= 0.6 is 0 Å². The monoisotopic (exact) mass is 341 g/mol. The largest absolute Gasteiger partial charge is 0.344 e. The van der Waals surface area contributed by atoms with Crippen LogP contribution in [0.15, 0.2) is 24.3 Å². The van der Waals surface area contributed by atoms with E-state index in [1.165, 1.54) is 6.07 Å². The summed E-state index contributed by atoms with van der Waals surface area (Å²) in [4.78, 5) is 24.1. The summed E-state index contributed by atoms with van der Waals surface area (Å²) in [5.74, 6) is -0.687. The van der Waals surface area contributed by atoms with E-state index in [0.29, 0.717) is 5.69 Å². The molecule has 0 aliphatic rings. The molecule has 7 nitrogen and oxygen atoms in total. The minimum atomic E-state index is -3.47. The lowest BCUT2D eigenvalue weighted by Gasteiger charge is -2.22. The first-order valence-electron chi connectivity index (χ1n) is 7.09. The van der Waals surface area contributed by atoms with Crippen LogP contribution in [-0.4, -0.2) is 32.5 Å². The molecule has 0 fully saturated rings. The lowest BCUT2D eigenvalue weighted by atomic mass is 9.95. The van der Waals surface area contributed by atoms with Gasteiger partial charge in [0.25, 0.3) is 0 Å². The molecule has 1 aromatic rings. The van der Waals surface area contributed by atoms with E-state index in [0.717, 1.165) is 6.26 Å². The molecule has 1 atom stereocenters. The summed E-state index contributed by atoms with van der Waals surface area (Å²) in [5, 5.41) is 5.23. The molecule has 3 N–H and O–H groups in total. The molecule has 2 amide bonds. The molecule has 1 aromatic carbocycles. The number of amides is 2. The van der Waals surface area contributed by atoms with E-state index < -0.39 is 27.4 Å². The Morgan fingerprint density at radius 3 is 2.09 bits per heavy atom. The van der Waals surface area contributed by atoms with Crippen LogP contribution in [0.2, 0.25) is 0 Å². The topological polar surface area (TPSA) is 104 Å². The van der Waals surface area contributed by atoms with Crippen molar-refractivity contribution in [3.8, 4) is 0 Å². The van der Waals surface area contributed by atoms with Crippen molar-refractivity contribution in [3.05, 3.63) is 24.3 Å². The highest BCUT2D eigenvalue weighted by atomic mass is 32.2. The second kappa shape index (κ2) is 6.99. The summed E-state index contributed by atoms with van der Waals surface area (Å²) in [6.07, 6.45) is 1.03. The van der Waals surface area contributed by atoms with Gasteiger partial charge in [0, 0.05) is 5.41 Å². The Kier molecular flexibility index (Phi) is 5.76. The predicted octanol–water partition coefficient (Wildman–Crippen LogP) is 1.55. The van der Waals surface area contributed by atoms with Crippen molar-refractivity contribution in [2.45, 2.75) is 33.7 Å². The van der Waals surface area contributed by atoms with Crippen LogP contribution in [0.25, 0.3) is 0 Å². The molecule has 0 aromatic heterocycles. The molecule has 1 rings (SSSR count). The van der Waals surface area contributed by atoms with E-state index in [9.17, 15) is 18.0 Å². The first-order chi connectivity index (χ1) is 10.4. The fraction of sp³-hybridized carbons (Fsp3) is 0.467. The van der Waals surface area contributed by atoms with Gasteiger partial charge in [-0.05, 0) is 19.1 Å². The van der Waals surface area contributed by atoms with Crippen LogP contribution in [0.5, 0.6) is 0 Å². The van der Waals surface area contributed by atoms with Crippen molar-refractivity contribution >= 4 is 33.2 Å². The average molecular weight is 341 g/mol. The lowest BCUT2D eigenvalue weighted by molar-refractivity contribution is -0.131. The molecule has 0 aliphatic carbocycles. The second-order valence-electron chi connectivity index (χ2n) is 6.35. The molecule has 0 aliphatic heterocycles. The normalized spacial score (nSPS) is 13.1. The van der Waals surface area contributed by atoms with Crippen molar-refractivity contribution < 1.29 is 18.0 Å². The first kappa shape index (κ1) is 19.0. The van der Waals surface area contributed by atoms with Crippen molar-refractivity contribution in [3.63, 3.8) is 0 Å². The molecule has 0 spiro atoms. The number of hydrogen-bond acceptors (Lipinski definition) is 4. The molecule has 0 saturated heterocycles. The van der Waals surface area contributed by atoms with Gasteiger partial charge in [0.1, 0.15) is 6.04 Å². The Morgan fingerprint density at radius 1 is 1.09 bits per heavy atom. The summed E-state index contributed by atoms with van der Waals surface area (Å²) >= 11 is 0. The highest BCUT2D eigenvalue weighted by Crippen LogP contribution is 2.22. The summed E-state index contributed by atoms with van der Waals surface area (Å²) < 4.78 is 25.0. The molecule has 128 valence electrons. The van der Waals surface area contributed by atoms with E-state index in [4.69, 9.17) is 0 Å². The standard InChI is InChI=1S/C15H23N3O4S/c1-10(16-14(20)15(2,3)4)13(19)17-11-8-6-7-9-12(11)18-23(5,21)22/h6-10,18H,1-5H3,(H,16,20)(H,17,19)/t10-/m0/s1. The van der Waals surface area contributed by atoms with Gasteiger partial charge in [-0.2, -0.15) is 0 Å². The number of carbonyl (C=O) groups excluding carboxylic acids is 2. The fourth-order valence-corrected chi connectivity index (χ4v) is 2.18. The van der Waals surface area contributed by atoms with Crippen molar-refractivity contribution in [2.24, 2.45) is 5.41 Å². The zero-order valence-corrected chi connectivity index (χ0v) is 14.7. The van der Waals surface area contributed by atoms with Gasteiger partial charge < -0.3 is 10.6 Å². The van der Waals surface area contributed by atoms with Gasteiger partial charge in [-0.15, -0.1) is 0 Å². The average Bonchev–Trinajstić information content (AvgIpc) is 2.38. The number of hydrogen-bond donors (Lipinski definition) is 3. The lowest BCUT2D eigenvalue weighted by Crippen LogP contribution is -2.46. The van der Waals surface area contributed by atoms with E-state index in [1.54, 1.807) is 45.9 Å². The van der Waals surface area contributed by atoms with Crippen molar-refractivity contribution in [1.29, 1.82) is 0 Å². The maximum atomic E-state index is 12.2. The Morgan fingerprint density at radius 2 is 1.61 bits per heavy atom. The molecule has 0 saturated carbocycles. The number of anilines is 2. The highest BCUT2D eigenvalue weighted by Gasteiger charge is 2.25. The van der Waals surface area contributed by atoms with E-state index in [-0.39, 0.29) is 11.6 Å². The van der Waals surface area contributed by atoms with Crippen LogP contribution in [0.3, 0.4) is 0 Å². The van der Waals surface area contributed by atoms with E-state index in [1.807, 2.05) is 0 Å². The molecular weight excluding hydrogens is 318 g/mol. The van der Waals surface area contributed by atoms with Crippen LogP contribution in [0.4, 0.5) is 11.4 Å². The third-order valence-electron chi connectivity index (χ3n) is 2.90. The van der Waals surface area contributed by atoms with Gasteiger partial charge in [0.2, 0.25) is 21.8 Å². The van der Waals surface area contributed by atoms with E-state index >= 15 is 0 Å². The number of carbonyl (C=O) groups is 2. The Balaban J connectivity index is 2.84. The smallest absolute Gasteiger partial charge is 0.246 e. The minimum Gasteiger partial charge on any atom is -0.344 e. The summed E-state index contributed by atoms with van der Waals surface area (Å²) in [5.41, 5.74) is -0.0259. The SMILES string of the molecule is C[C@H](NC(=O)C(C)(C)C)C(=O)Nc1ccccc1NS(C)(=O)=O. The molecule has 8 heteroatoms. The molecule has 23 heavy (non-hydrogen) atoms. The number of para-hydroxylation sites is 2. The zero-order chi connectivity index (χ0) is 17.8.